The standard InChI is InChI=1S/C19H28N2O2S/c22-13-16-7-9-21(10-8-16)12-15-3-5-17(6-4-15)19(23)20-18-2-1-11-24-14-18/h3-6,16,18,22H,1-2,7-14H2,(H,20,23). The summed E-state index contributed by atoms with van der Waals surface area (Å²) in [6.07, 6.45) is 4.45. The number of amides is 1. The Kier molecular flexibility index (Phi) is 6.58. The zero-order chi connectivity index (χ0) is 16.8. The molecule has 0 spiro atoms. The van der Waals surface area contributed by atoms with E-state index in [-0.39, 0.29) is 5.91 Å². The highest BCUT2D eigenvalue weighted by atomic mass is 32.2. The molecule has 132 valence electrons. The predicted molar refractivity (Wildman–Crippen MR) is 99.3 cm³/mol. The van der Waals surface area contributed by atoms with Crippen LogP contribution in [0.5, 0.6) is 0 Å². The number of nitrogens with one attached hydrogen (secondary N) is 1. The monoisotopic (exact) mass is 348 g/mol. The highest BCUT2D eigenvalue weighted by Gasteiger charge is 2.19. The van der Waals surface area contributed by atoms with E-state index >= 15 is 0 Å². The quantitative estimate of drug-likeness (QED) is 0.858. The predicted octanol–water partition coefficient (Wildman–Crippen LogP) is 2.52. The molecule has 0 saturated carbocycles. The summed E-state index contributed by atoms with van der Waals surface area (Å²) in [5.74, 6) is 2.78. The van der Waals surface area contributed by atoms with Crippen molar-refractivity contribution in [2.45, 2.75) is 38.3 Å². The number of nitrogens with zero attached hydrogens (tertiary/aromatic N) is 1. The molecule has 1 unspecified atom stereocenters. The van der Waals surface area contributed by atoms with Gasteiger partial charge in [0.1, 0.15) is 0 Å². The van der Waals surface area contributed by atoms with E-state index in [1.807, 2.05) is 23.9 Å². The van der Waals surface area contributed by atoms with Gasteiger partial charge < -0.3 is 10.4 Å². The van der Waals surface area contributed by atoms with E-state index in [1.54, 1.807) is 0 Å². The van der Waals surface area contributed by atoms with Crippen molar-refractivity contribution in [3.63, 3.8) is 0 Å². The Morgan fingerprint density at radius 3 is 2.58 bits per heavy atom. The van der Waals surface area contributed by atoms with Crippen LogP contribution < -0.4 is 5.32 Å². The number of hydrogen-bond donors (Lipinski definition) is 2. The second-order valence-corrected chi connectivity index (χ2v) is 8.14. The van der Waals surface area contributed by atoms with Crippen LogP contribution in [0.25, 0.3) is 0 Å². The van der Waals surface area contributed by atoms with Crippen LogP contribution in [0.1, 0.15) is 41.6 Å². The van der Waals surface area contributed by atoms with Crippen LogP contribution in [0.2, 0.25) is 0 Å². The normalized spacial score (nSPS) is 23.1. The van der Waals surface area contributed by atoms with Crippen LogP contribution in [0.4, 0.5) is 0 Å². The van der Waals surface area contributed by atoms with E-state index in [4.69, 9.17) is 0 Å². The Hall–Kier alpha value is -1.04. The fourth-order valence-electron chi connectivity index (χ4n) is 3.47. The van der Waals surface area contributed by atoms with Crippen molar-refractivity contribution >= 4 is 17.7 Å². The molecule has 2 fully saturated rings. The minimum atomic E-state index is 0.0535. The van der Waals surface area contributed by atoms with Gasteiger partial charge in [-0.15, -0.1) is 0 Å². The molecule has 0 aromatic heterocycles. The first kappa shape index (κ1) is 17.8. The molecule has 2 heterocycles. The van der Waals surface area contributed by atoms with Crippen molar-refractivity contribution in [3.05, 3.63) is 35.4 Å². The van der Waals surface area contributed by atoms with Crippen LogP contribution in [-0.4, -0.2) is 53.2 Å². The number of carbonyl (C=O) groups excluding carboxylic acids is 1. The summed E-state index contributed by atoms with van der Waals surface area (Å²) < 4.78 is 0. The van der Waals surface area contributed by atoms with E-state index in [0.29, 0.717) is 18.6 Å². The van der Waals surface area contributed by atoms with Gasteiger partial charge in [0.2, 0.25) is 0 Å². The van der Waals surface area contributed by atoms with E-state index < -0.39 is 0 Å². The van der Waals surface area contributed by atoms with Crippen molar-refractivity contribution < 1.29 is 9.90 Å². The molecule has 1 atom stereocenters. The average Bonchev–Trinajstić information content (AvgIpc) is 2.64. The molecular weight excluding hydrogens is 320 g/mol. The second kappa shape index (κ2) is 8.88. The van der Waals surface area contributed by atoms with E-state index in [2.05, 4.69) is 22.3 Å². The van der Waals surface area contributed by atoms with Crippen molar-refractivity contribution in [1.29, 1.82) is 0 Å². The molecule has 2 saturated heterocycles. The summed E-state index contributed by atoms with van der Waals surface area (Å²) in [6.45, 7) is 3.34. The van der Waals surface area contributed by atoms with Crippen LogP contribution in [-0.2, 0) is 6.54 Å². The van der Waals surface area contributed by atoms with Crippen LogP contribution in [0.15, 0.2) is 24.3 Å². The van der Waals surface area contributed by atoms with Crippen molar-refractivity contribution in [3.8, 4) is 0 Å². The lowest BCUT2D eigenvalue weighted by molar-refractivity contribution is 0.0938. The maximum Gasteiger partial charge on any atom is 0.251 e. The molecule has 4 nitrogen and oxygen atoms in total. The smallest absolute Gasteiger partial charge is 0.251 e. The zero-order valence-corrected chi connectivity index (χ0v) is 15.1. The van der Waals surface area contributed by atoms with Crippen molar-refractivity contribution in [2.75, 3.05) is 31.2 Å². The van der Waals surface area contributed by atoms with E-state index in [9.17, 15) is 9.90 Å². The Morgan fingerprint density at radius 1 is 1.21 bits per heavy atom. The number of hydrogen-bond acceptors (Lipinski definition) is 4. The topological polar surface area (TPSA) is 52.6 Å². The molecule has 24 heavy (non-hydrogen) atoms. The third kappa shape index (κ3) is 4.98. The molecule has 0 bridgehead atoms. The number of aliphatic hydroxyl groups excluding tert-OH is 1. The maximum atomic E-state index is 12.3. The maximum absolute atomic E-state index is 12.3. The summed E-state index contributed by atoms with van der Waals surface area (Å²) in [6, 6.07) is 8.36. The van der Waals surface area contributed by atoms with Crippen LogP contribution in [0.3, 0.4) is 0 Å². The molecule has 5 heteroatoms. The Morgan fingerprint density at radius 2 is 1.96 bits per heavy atom. The number of benzene rings is 1. The van der Waals surface area contributed by atoms with Gasteiger partial charge in [-0.2, -0.15) is 11.8 Å². The number of thioether (sulfide) groups is 1. The largest absolute Gasteiger partial charge is 0.396 e. The second-order valence-electron chi connectivity index (χ2n) is 6.99. The van der Waals surface area contributed by atoms with Gasteiger partial charge in [0.25, 0.3) is 5.91 Å². The summed E-state index contributed by atoms with van der Waals surface area (Å²) in [5, 5.41) is 12.4. The Balaban J connectivity index is 1.48. The molecule has 1 amide bonds. The number of aliphatic hydroxyl groups is 1. The van der Waals surface area contributed by atoms with Crippen molar-refractivity contribution in [2.24, 2.45) is 5.92 Å². The zero-order valence-electron chi connectivity index (χ0n) is 14.2. The highest BCUT2D eigenvalue weighted by Crippen LogP contribution is 2.19. The fraction of sp³-hybridized carbons (Fsp3) is 0.632. The summed E-state index contributed by atoms with van der Waals surface area (Å²) in [4.78, 5) is 14.8. The summed E-state index contributed by atoms with van der Waals surface area (Å²) >= 11 is 1.93. The third-order valence-electron chi connectivity index (χ3n) is 5.08. The molecule has 1 aromatic rings. The van der Waals surface area contributed by atoms with Gasteiger partial charge in [-0.3, -0.25) is 9.69 Å². The van der Waals surface area contributed by atoms with Gasteiger partial charge in [0.15, 0.2) is 0 Å². The minimum absolute atomic E-state index is 0.0535. The third-order valence-corrected chi connectivity index (χ3v) is 6.30. The summed E-state index contributed by atoms with van der Waals surface area (Å²) in [7, 11) is 0. The average molecular weight is 349 g/mol. The number of piperidine rings is 1. The van der Waals surface area contributed by atoms with Gasteiger partial charge in [0.05, 0.1) is 0 Å². The van der Waals surface area contributed by atoms with Gasteiger partial charge >= 0.3 is 0 Å². The Labute approximate surface area is 149 Å². The minimum Gasteiger partial charge on any atom is -0.396 e. The lowest BCUT2D eigenvalue weighted by Gasteiger charge is -2.31. The molecule has 3 rings (SSSR count). The van der Waals surface area contributed by atoms with Crippen molar-refractivity contribution in [1.82, 2.24) is 10.2 Å². The molecule has 2 aliphatic rings. The molecular formula is C19H28N2O2S. The first-order chi connectivity index (χ1) is 11.7. The van der Waals surface area contributed by atoms with Crippen LogP contribution in [0, 0.1) is 5.92 Å². The van der Waals surface area contributed by atoms with E-state index in [0.717, 1.165) is 50.2 Å². The van der Waals surface area contributed by atoms with Gasteiger partial charge in [-0.05, 0) is 68.1 Å². The molecule has 2 aliphatic heterocycles. The first-order valence-corrected chi connectivity index (χ1v) is 10.2. The number of likely N-dealkylation sites (tertiary alicyclic amines) is 1. The van der Waals surface area contributed by atoms with Gasteiger partial charge in [-0.25, -0.2) is 0 Å². The van der Waals surface area contributed by atoms with E-state index in [1.165, 1.54) is 17.7 Å². The fourth-order valence-corrected chi connectivity index (χ4v) is 4.54. The lowest BCUT2D eigenvalue weighted by atomic mass is 9.97. The highest BCUT2D eigenvalue weighted by molar-refractivity contribution is 7.99. The summed E-state index contributed by atoms with van der Waals surface area (Å²) in [5.41, 5.74) is 2.01. The van der Waals surface area contributed by atoms with Gasteiger partial charge in [-0.1, -0.05) is 12.1 Å². The van der Waals surface area contributed by atoms with Gasteiger partial charge in [0, 0.05) is 30.5 Å². The molecule has 0 radical (unpaired) electrons. The molecule has 0 aliphatic carbocycles. The first-order valence-electron chi connectivity index (χ1n) is 9.05. The Bertz CT molecular complexity index is 521. The molecule has 1 aromatic carbocycles. The van der Waals surface area contributed by atoms with Crippen LogP contribution >= 0.6 is 11.8 Å². The number of carbonyl (C=O) groups is 1. The SMILES string of the molecule is O=C(NC1CCCSC1)c1ccc(CN2CCC(CO)CC2)cc1. The molecule has 2 N–H and O–H groups in total. The number of rotatable bonds is 5. The lowest BCUT2D eigenvalue weighted by Crippen LogP contribution is -2.38.